The van der Waals surface area contributed by atoms with Crippen molar-refractivity contribution in [3.8, 4) is 11.6 Å². The zero-order valence-corrected chi connectivity index (χ0v) is 12.1. The molecule has 0 unspecified atom stereocenters. The molecule has 0 fully saturated rings. The number of benzene rings is 1. The molecule has 0 saturated heterocycles. The van der Waals surface area contributed by atoms with Gasteiger partial charge in [0.25, 0.3) is 5.69 Å². The highest BCUT2D eigenvalue weighted by Gasteiger charge is 2.12. The van der Waals surface area contributed by atoms with Crippen LogP contribution in [0, 0.1) is 17.0 Å². The smallest absolute Gasteiger partial charge is 0.273 e. The first kappa shape index (κ1) is 13.8. The molecule has 0 saturated carbocycles. The van der Waals surface area contributed by atoms with Gasteiger partial charge in [0.1, 0.15) is 10.8 Å². The van der Waals surface area contributed by atoms with E-state index in [1.807, 2.05) is 0 Å². The Morgan fingerprint density at radius 2 is 2.16 bits per heavy atom. The van der Waals surface area contributed by atoms with Crippen LogP contribution in [0.2, 0.25) is 5.02 Å². The maximum atomic E-state index is 10.7. The normalized spacial score (nSPS) is 10.3. The van der Waals surface area contributed by atoms with Gasteiger partial charge in [0, 0.05) is 16.7 Å². The molecule has 0 amide bonds. The van der Waals surface area contributed by atoms with E-state index in [9.17, 15) is 10.1 Å². The van der Waals surface area contributed by atoms with Crippen LogP contribution in [0.4, 0.5) is 5.69 Å². The van der Waals surface area contributed by atoms with E-state index in [2.05, 4.69) is 20.9 Å². The predicted octanol–water partition coefficient (Wildman–Crippen LogP) is 4.51. The van der Waals surface area contributed by atoms with E-state index in [1.165, 1.54) is 18.3 Å². The van der Waals surface area contributed by atoms with Crippen LogP contribution in [0.5, 0.6) is 11.6 Å². The predicted molar refractivity (Wildman–Crippen MR) is 74.9 cm³/mol. The molecule has 0 atom stereocenters. The quantitative estimate of drug-likeness (QED) is 0.607. The lowest BCUT2D eigenvalue weighted by atomic mass is 10.2. The summed E-state index contributed by atoms with van der Waals surface area (Å²) in [5.74, 6) is 0.555. The lowest BCUT2D eigenvalue weighted by molar-refractivity contribution is -0.384. The summed E-state index contributed by atoms with van der Waals surface area (Å²) >= 11 is 9.22. The van der Waals surface area contributed by atoms with Gasteiger partial charge in [0.2, 0.25) is 5.88 Å². The Bertz CT molecular complexity index is 649. The van der Waals surface area contributed by atoms with Gasteiger partial charge in [0.05, 0.1) is 11.0 Å². The van der Waals surface area contributed by atoms with E-state index in [-0.39, 0.29) is 11.6 Å². The van der Waals surface area contributed by atoms with Crippen molar-refractivity contribution in [1.82, 2.24) is 4.98 Å². The monoisotopic (exact) mass is 342 g/mol. The van der Waals surface area contributed by atoms with Crippen LogP contribution < -0.4 is 4.74 Å². The van der Waals surface area contributed by atoms with Crippen LogP contribution in [-0.2, 0) is 0 Å². The molecule has 0 aliphatic carbocycles. The van der Waals surface area contributed by atoms with Crippen molar-refractivity contribution in [2.75, 3.05) is 0 Å². The summed E-state index contributed by atoms with van der Waals surface area (Å²) in [4.78, 5) is 14.3. The molecule has 0 aliphatic heterocycles. The number of nitro benzene ring substituents is 1. The van der Waals surface area contributed by atoms with Gasteiger partial charge in [-0.15, -0.1) is 0 Å². The number of hydrogen-bond donors (Lipinski definition) is 0. The first-order chi connectivity index (χ1) is 8.97. The molecule has 5 nitrogen and oxygen atoms in total. The molecule has 2 rings (SSSR count). The molecule has 2 aromatic rings. The Hall–Kier alpha value is -1.66. The summed E-state index contributed by atoms with van der Waals surface area (Å²) in [6, 6.07) is 6.00. The number of aryl methyl sites for hydroxylation is 1. The van der Waals surface area contributed by atoms with E-state index >= 15 is 0 Å². The van der Waals surface area contributed by atoms with Crippen LogP contribution in [0.15, 0.2) is 34.9 Å². The SMILES string of the molecule is Cc1ccc([N+](=O)[O-])cc1Oc1ncc(Br)cc1Cl. The number of aromatic nitrogens is 1. The molecule has 0 aliphatic rings. The molecule has 0 bridgehead atoms. The fourth-order valence-corrected chi connectivity index (χ4v) is 2.06. The largest absolute Gasteiger partial charge is 0.437 e. The molecule has 1 aromatic heterocycles. The van der Waals surface area contributed by atoms with E-state index in [0.717, 1.165) is 10.0 Å². The zero-order valence-electron chi connectivity index (χ0n) is 9.76. The Morgan fingerprint density at radius 3 is 2.79 bits per heavy atom. The Balaban J connectivity index is 2.37. The summed E-state index contributed by atoms with van der Waals surface area (Å²) < 4.78 is 6.24. The van der Waals surface area contributed by atoms with Crippen LogP contribution in [-0.4, -0.2) is 9.91 Å². The van der Waals surface area contributed by atoms with Gasteiger partial charge in [0.15, 0.2) is 0 Å². The summed E-state index contributed by atoms with van der Waals surface area (Å²) in [5.41, 5.74) is 0.709. The minimum Gasteiger partial charge on any atom is -0.437 e. The molecule has 0 N–H and O–H groups in total. The van der Waals surface area contributed by atoms with Crippen molar-refractivity contribution in [3.05, 3.63) is 55.6 Å². The van der Waals surface area contributed by atoms with Gasteiger partial charge < -0.3 is 4.74 Å². The Labute approximate surface area is 122 Å². The molecular formula is C12H8BrClN2O3. The first-order valence-corrected chi connectivity index (χ1v) is 6.38. The number of pyridine rings is 1. The third-order valence-electron chi connectivity index (χ3n) is 2.36. The fraction of sp³-hybridized carbons (Fsp3) is 0.0833. The Kier molecular flexibility index (Phi) is 4.01. The minimum atomic E-state index is -0.483. The third-order valence-corrected chi connectivity index (χ3v) is 3.07. The zero-order chi connectivity index (χ0) is 14.0. The van der Waals surface area contributed by atoms with E-state index in [0.29, 0.717) is 10.8 Å². The molecule has 7 heteroatoms. The van der Waals surface area contributed by atoms with Crippen LogP contribution in [0.1, 0.15) is 5.56 Å². The maximum Gasteiger partial charge on any atom is 0.273 e. The number of rotatable bonds is 3. The van der Waals surface area contributed by atoms with Crippen LogP contribution in [0.25, 0.3) is 0 Å². The highest BCUT2D eigenvalue weighted by Crippen LogP contribution is 2.32. The molecule has 1 heterocycles. The van der Waals surface area contributed by atoms with Gasteiger partial charge >= 0.3 is 0 Å². The number of non-ortho nitro benzene ring substituents is 1. The summed E-state index contributed by atoms with van der Waals surface area (Å²) in [7, 11) is 0. The maximum absolute atomic E-state index is 10.7. The van der Waals surface area contributed by atoms with E-state index in [1.54, 1.807) is 19.1 Å². The Morgan fingerprint density at radius 1 is 1.42 bits per heavy atom. The second-order valence-corrected chi connectivity index (χ2v) is 5.07. The summed E-state index contributed by atoms with van der Waals surface area (Å²) in [5, 5.41) is 11.1. The topological polar surface area (TPSA) is 65.3 Å². The van der Waals surface area contributed by atoms with Crippen molar-refractivity contribution < 1.29 is 9.66 Å². The van der Waals surface area contributed by atoms with Crippen molar-refractivity contribution in [2.24, 2.45) is 0 Å². The lowest BCUT2D eigenvalue weighted by Gasteiger charge is -2.08. The van der Waals surface area contributed by atoms with Crippen LogP contribution >= 0.6 is 27.5 Å². The molecular weight excluding hydrogens is 336 g/mol. The highest BCUT2D eigenvalue weighted by molar-refractivity contribution is 9.10. The van der Waals surface area contributed by atoms with Gasteiger partial charge in [-0.25, -0.2) is 4.98 Å². The molecule has 19 heavy (non-hydrogen) atoms. The highest BCUT2D eigenvalue weighted by atomic mass is 79.9. The number of ether oxygens (including phenoxy) is 1. The molecule has 0 spiro atoms. The second kappa shape index (κ2) is 5.54. The minimum absolute atomic E-state index is 0.0474. The average molecular weight is 344 g/mol. The fourth-order valence-electron chi connectivity index (χ4n) is 1.39. The van der Waals surface area contributed by atoms with Gasteiger partial charge in [-0.1, -0.05) is 11.6 Å². The van der Waals surface area contributed by atoms with Crippen molar-refractivity contribution >= 4 is 33.2 Å². The average Bonchev–Trinajstić information content (AvgIpc) is 2.34. The number of halogens is 2. The molecule has 1 aromatic carbocycles. The number of nitro groups is 1. The van der Waals surface area contributed by atoms with Gasteiger partial charge in [-0.2, -0.15) is 0 Å². The van der Waals surface area contributed by atoms with Crippen LogP contribution in [0.3, 0.4) is 0 Å². The standard InChI is InChI=1S/C12H8BrClN2O3/c1-7-2-3-9(16(17)18)5-11(7)19-12-10(14)4-8(13)6-15-12/h2-6H,1H3. The van der Waals surface area contributed by atoms with Crippen molar-refractivity contribution in [1.29, 1.82) is 0 Å². The van der Waals surface area contributed by atoms with Crippen molar-refractivity contribution in [3.63, 3.8) is 0 Å². The van der Waals surface area contributed by atoms with E-state index in [4.69, 9.17) is 16.3 Å². The number of hydrogen-bond acceptors (Lipinski definition) is 4. The second-order valence-electron chi connectivity index (χ2n) is 3.75. The van der Waals surface area contributed by atoms with E-state index < -0.39 is 4.92 Å². The van der Waals surface area contributed by atoms with Crippen molar-refractivity contribution in [2.45, 2.75) is 6.92 Å². The summed E-state index contributed by atoms with van der Waals surface area (Å²) in [6.45, 7) is 1.78. The molecule has 0 radical (unpaired) electrons. The van der Waals surface area contributed by atoms with Gasteiger partial charge in [-0.05, 0) is 40.5 Å². The molecule has 98 valence electrons. The van der Waals surface area contributed by atoms with Gasteiger partial charge in [-0.3, -0.25) is 10.1 Å². The number of nitrogens with zero attached hydrogens (tertiary/aromatic N) is 2. The third kappa shape index (κ3) is 3.21. The lowest BCUT2D eigenvalue weighted by Crippen LogP contribution is -1.94. The summed E-state index contributed by atoms with van der Waals surface area (Å²) in [6.07, 6.45) is 1.54. The first-order valence-electron chi connectivity index (χ1n) is 5.21.